The van der Waals surface area contributed by atoms with Gasteiger partial charge in [-0.25, -0.2) is 4.98 Å². The second-order valence-corrected chi connectivity index (χ2v) is 4.09. The largest absolute Gasteiger partial charge is 0.481 e. The SMILES string of the molecule is O=C(O)CC(O)Cc1ccc(-c2ncc[nH]2)cc1. The van der Waals surface area contributed by atoms with Crippen LogP contribution < -0.4 is 0 Å². The van der Waals surface area contributed by atoms with Crippen molar-refractivity contribution in [2.75, 3.05) is 0 Å². The normalized spacial score (nSPS) is 12.3. The number of carbonyl (C=O) groups is 1. The number of aliphatic hydroxyl groups excluding tert-OH is 1. The van der Waals surface area contributed by atoms with Gasteiger partial charge in [-0.3, -0.25) is 4.79 Å². The number of aliphatic carboxylic acids is 1. The third-order valence-electron chi connectivity index (χ3n) is 2.61. The number of rotatable bonds is 5. The highest BCUT2D eigenvalue weighted by Crippen LogP contribution is 2.16. The van der Waals surface area contributed by atoms with E-state index in [4.69, 9.17) is 5.11 Å². The standard InChI is InChI=1S/C13H14N2O3/c16-11(8-12(17)18)7-9-1-3-10(4-2-9)13-14-5-6-15-13/h1-6,11,16H,7-8H2,(H,14,15)(H,17,18). The Hall–Kier alpha value is -2.14. The molecule has 5 nitrogen and oxygen atoms in total. The first-order valence-electron chi connectivity index (χ1n) is 5.63. The van der Waals surface area contributed by atoms with Gasteiger partial charge < -0.3 is 15.2 Å². The summed E-state index contributed by atoms with van der Waals surface area (Å²) in [6, 6.07) is 7.51. The van der Waals surface area contributed by atoms with E-state index >= 15 is 0 Å². The monoisotopic (exact) mass is 246 g/mol. The summed E-state index contributed by atoms with van der Waals surface area (Å²) in [5.74, 6) is -0.206. The Balaban J connectivity index is 2.02. The summed E-state index contributed by atoms with van der Waals surface area (Å²) in [6.07, 6.45) is 2.68. The fourth-order valence-electron chi connectivity index (χ4n) is 1.77. The molecule has 0 radical (unpaired) electrons. The molecule has 0 amide bonds. The Morgan fingerprint density at radius 1 is 1.33 bits per heavy atom. The van der Waals surface area contributed by atoms with Crippen LogP contribution in [0.1, 0.15) is 12.0 Å². The number of aromatic amines is 1. The van der Waals surface area contributed by atoms with Crippen LogP contribution in [0.2, 0.25) is 0 Å². The zero-order chi connectivity index (χ0) is 13.0. The smallest absolute Gasteiger partial charge is 0.305 e. The maximum Gasteiger partial charge on any atom is 0.305 e. The van der Waals surface area contributed by atoms with Crippen molar-refractivity contribution in [2.24, 2.45) is 0 Å². The molecule has 0 spiro atoms. The van der Waals surface area contributed by atoms with Gasteiger partial charge in [-0.2, -0.15) is 0 Å². The van der Waals surface area contributed by atoms with Crippen LogP contribution in [0.3, 0.4) is 0 Å². The molecule has 1 aromatic heterocycles. The molecule has 2 aromatic rings. The van der Waals surface area contributed by atoms with Crippen molar-refractivity contribution in [3.63, 3.8) is 0 Å². The molecule has 0 aliphatic rings. The number of aliphatic hydroxyl groups is 1. The summed E-state index contributed by atoms with van der Waals surface area (Å²) in [5, 5.41) is 18.1. The van der Waals surface area contributed by atoms with Gasteiger partial charge in [-0.05, 0) is 12.0 Å². The van der Waals surface area contributed by atoms with Crippen molar-refractivity contribution < 1.29 is 15.0 Å². The number of aromatic nitrogens is 2. The molecule has 0 bridgehead atoms. The molecule has 0 saturated carbocycles. The summed E-state index contributed by atoms with van der Waals surface area (Å²) in [5.41, 5.74) is 1.86. The third-order valence-corrected chi connectivity index (χ3v) is 2.61. The minimum atomic E-state index is -0.991. The van der Waals surface area contributed by atoms with Crippen molar-refractivity contribution in [1.82, 2.24) is 9.97 Å². The molecule has 1 unspecified atom stereocenters. The first-order valence-corrected chi connectivity index (χ1v) is 5.63. The van der Waals surface area contributed by atoms with Gasteiger partial charge in [-0.1, -0.05) is 24.3 Å². The average Bonchev–Trinajstić information content (AvgIpc) is 2.82. The van der Waals surface area contributed by atoms with E-state index in [9.17, 15) is 9.90 Å². The van der Waals surface area contributed by atoms with Crippen LogP contribution in [0.5, 0.6) is 0 Å². The van der Waals surface area contributed by atoms with Gasteiger partial charge in [-0.15, -0.1) is 0 Å². The highest BCUT2D eigenvalue weighted by molar-refractivity contribution is 5.67. The molecular weight excluding hydrogens is 232 g/mol. The molecular formula is C13H14N2O3. The van der Waals surface area contributed by atoms with E-state index in [0.29, 0.717) is 6.42 Å². The molecule has 0 fully saturated rings. The van der Waals surface area contributed by atoms with E-state index in [1.165, 1.54) is 0 Å². The topological polar surface area (TPSA) is 86.2 Å². The molecule has 3 N–H and O–H groups in total. The van der Waals surface area contributed by atoms with Crippen LogP contribution in [0.4, 0.5) is 0 Å². The van der Waals surface area contributed by atoms with Gasteiger partial charge in [0.1, 0.15) is 5.82 Å². The van der Waals surface area contributed by atoms with Crippen LogP contribution in [0.25, 0.3) is 11.4 Å². The van der Waals surface area contributed by atoms with Crippen molar-refractivity contribution in [3.05, 3.63) is 42.2 Å². The summed E-state index contributed by atoms with van der Waals surface area (Å²) in [6.45, 7) is 0. The number of hydrogen-bond donors (Lipinski definition) is 3. The lowest BCUT2D eigenvalue weighted by molar-refractivity contribution is -0.139. The van der Waals surface area contributed by atoms with Crippen LogP contribution in [-0.4, -0.2) is 32.3 Å². The predicted molar refractivity (Wildman–Crippen MR) is 66.0 cm³/mol. The molecule has 1 heterocycles. The number of carboxylic acid groups (broad SMARTS) is 1. The van der Waals surface area contributed by atoms with Crippen LogP contribution in [-0.2, 0) is 11.2 Å². The zero-order valence-electron chi connectivity index (χ0n) is 9.71. The van der Waals surface area contributed by atoms with Crippen LogP contribution in [0.15, 0.2) is 36.7 Å². The minimum Gasteiger partial charge on any atom is -0.481 e. The second-order valence-electron chi connectivity index (χ2n) is 4.09. The number of nitrogens with one attached hydrogen (secondary N) is 1. The Labute approximate surface area is 104 Å². The quantitative estimate of drug-likeness (QED) is 0.745. The Morgan fingerprint density at radius 2 is 2.06 bits per heavy atom. The maximum absolute atomic E-state index is 10.4. The molecule has 1 atom stereocenters. The summed E-state index contributed by atoms with van der Waals surface area (Å²) >= 11 is 0. The van der Waals surface area contributed by atoms with Gasteiger partial charge in [0.2, 0.25) is 0 Å². The molecule has 2 rings (SSSR count). The fraction of sp³-hybridized carbons (Fsp3) is 0.231. The summed E-state index contributed by atoms with van der Waals surface area (Å²) in [7, 11) is 0. The van der Waals surface area contributed by atoms with Crippen molar-refractivity contribution in [2.45, 2.75) is 18.9 Å². The lowest BCUT2D eigenvalue weighted by atomic mass is 10.0. The summed E-state index contributed by atoms with van der Waals surface area (Å²) < 4.78 is 0. The Kier molecular flexibility index (Phi) is 3.74. The molecule has 5 heteroatoms. The summed E-state index contributed by atoms with van der Waals surface area (Å²) in [4.78, 5) is 17.6. The highest BCUT2D eigenvalue weighted by Gasteiger charge is 2.10. The van der Waals surface area contributed by atoms with E-state index < -0.39 is 12.1 Å². The molecule has 1 aromatic carbocycles. The van der Waals surface area contributed by atoms with Gasteiger partial charge in [0.05, 0.1) is 12.5 Å². The first-order chi connectivity index (χ1) is 8.65. The highest BCUT2D eigenvalue weighted by atomic mass is 16.4. The third kappa shape index (κ3) is 3.18. The van der Waals surface area contributed by atoms with E-state index in [1.807, 2.05) is 24.3 Å². The van der Waals surface area contributed by atoms with Crippen molar-refractivity contribution in [3.8, 4) is 11.4 Å². The molecule has 0 aliphatic carbocycles. The average molecular weight is 246 g/mol. The van der Waals surface area contributed by atoms with Gasteiger partial charge in [0, 0.05) is 18.0 Å². The number of hydrogen-bond acceptors (Lipinski definition) is 3. The number of carboxylic acids is 1. The van der Waals surface area contributed by atoms with E-state index in [1.54, 1.807) is 12.4 Å². The van der Waals surface area contributed by atoms with Gasteiger partial charge >= 0.3 is 5.97 Å². The van der Waals surface area contributed by atoms with Crippen LogP contribution in [0, 0.1) is 0 Å². The van der Waals surface area contributed by atoms with E-state index in [2.05, 4.69) is 9.97 Å². The Bertz CT molecular complexity index is 506. The van der Waals surface area contributed by atoms with Gasteiger partial charge in [0.15, 0.2) is 0 Å². The van der Waals surface area contributed by atoms with Crippen molar-refractivity contribution >= 4 is 5.97 Å². The van der Waals surface area contributed by atoms with E-state index in [0.717, 1.165) is 17.0 Å². The lowest BCUT2D eigenvalue weighted by Gasteiger charge is -2.08. The number of imidazole rings is 1. The zero-order valence-corrected chi connectivity index (χ0v) is 9.71. The number of nitrogens with zero attached hydrogens (tertiary/aromatic N) is 1. The maximum atomic E-state index is 10.4. The van der Waals surface area contributed by atoms with E-state index in [-0.39, 0.29) is 6.42 Å². The van der Waals surface area contributed by atoms with Crippen LogP contribution >= 0.6 is 0 Å². The first kappa shape index (κ1) is 12.3. The molecule has 94 valence electrons. The fourth-order valence-corrected chi connectivity index (χ4v) is 1.77. The second kappa shape index (κ2) is 5.46. The van der Waals surface area contributed by atoms with Crippen molar-refractivity contribution in [1.29, 1.82) is 0 Å². The minimum absolute atomic E-state index is 0.236. The Morgan fingerprint density at radius 3 is 2.61 bits per heavy atom. The molecule has 18 heavy (non-hydrogen) atoms. The lowest BCUT2D eigenvalue weighted by Crippen LogP contribution is -2.15. The number of benzene rings is 1. The molecule has 0 aliphatic heterocycles. The van der Waals surface area contributed by atoms with Gasteiger partial charge in [0.25, 0.3) is 0 Å². The predicted octanol–water partition coefficient (Wildman–Crippen LogP) is 1.45. The molecule has 0 saturated heterocycles. The number of H-pyrrole nitrogens is 1.